The zero-order valence-electron chi connectivity index (χ0n) is 16.3. The van der Waals surface area contributed by atoms with Gasteiger partial charge in [0.25, 0.3) is 0 Å². The van der Waals surface area contributed by atoms with Gasteiger partial charge < -0.3 is 20.3 Å². The van der Waals surface area contributed by atoms with Gasteiger partial charge in [0.15, 0.2) is 5.13 Å². The lowest BCUT2D eigenvalue weighted by molar-refractivity contribution is 0.415. The Kier molecular flexibility index (Phi) is 5.98. The van der Waals surface area contributed by atoms with Crippen molar-refractivity contribution in [2.75, 3.05) is 49.3 Å². The number of thioether (sulfide) groups is 1. The first kappa shape index (κ1) is 20.1. The van der Waals surface area contributed by atoms with Crippen molar-refractivity contribution in [3.8, 4) is 17.0 Å². The minimum absolute atomic E-state index is 0.113. The van der Waals surface area contributed by atoms with E-state index in [0.29, 0.717) is 0 Å². The van der Waals surface area contributed by atoms with Gasteiger partial charge >= 0.3 is 0 Å². The first-order valence-corrected chi connectivity index (χ1v) is 12.1. The van der Waals surface area contributed by atoms with Crippen molar-refractivity contribution >= 4 is 51.1 Å². The zero-order valence-corrected chi connectivity index (χ0v) is 18.8. The third kappa shape index (κ3) is 4.22. The average molecular weight is 446 g/mol. The molecule has 0 amide bonds. The summed E-state index contributed by atoms with van der Waals surface area (Å²) in [6, 6.07) is 10.2. The molecule has 4 rings (SSSR count). The number of anilines is 2. The number of aromatic nitrogens is 1. The maximum Gasteiger partial charge on any atom is 0.185 e. The molecule has 0 radical (unpaired) electrons. The van der Waals surface area contributed by atoms with Crippen molar-refractivity contribution in [3.63, 3.8) is 0 Å². The van der Waals surface area contributed by atoms with Crippen LogP contribution < -0.4 is 20.3 Å². The highest BCUT2D eigenvalue weighted by atomic mass is 32.2. The van der Waals surface area contributed by atoms with E-state index in [1.54, 1.807) is 41.5 Å². The topological polar surface area (TPSA) is 78.5 Å². The maximum atomic E-state index is 7.70. The molecule has 3 aromatic rings. The Labute approximate surface area is 182 Å². The van der Waals surface area contributed by atoms with Gasteiger partial charge in [-0.1, -0.05) is 0 Å². The van der Waals surface area contributed by atoms with Crippen LogP contribution in [0.2, 0.25) is 0 Å². The number of ether oxygens (including phenoxy) is 1. The van der Waals surface area contributed by atoms with Crippen LogP contribution in [0.15, 0.2) is 39.9 Å². The number of thiophene rings is 1. The molecule has 6 nitrogen and oxygen atoms in total. The first-order chi connectivity index (χ1) is 14.1. The number of methoxy groups -OCH3 is 1. The smallest absolute Gasteiger partial charge is 0.185 e. The Morgan fingerprint density at radius 1 is 1.17 bits per heavy atom. The van der Waals surface area contributed by atoms with Crippen molar-refractivity contribution in [1.29, 1.82) is 5.41 Å². The number of hydrogen-bond acceptors (Lipinski definition) is 8. The highest BCUT2D eigenvalue weighted by Crippen LogP contribution is 2.39. The summed E-state index contributed by atoms with van der Waals surface area (Å²) in [7, 11) is 1.69. The van der Waals surface area contributed by atoms with E-state index in [-0.39, 0.29) is 5.84 Å². The standard InChI is InChI=1S/C20H23N5OS3/c1-26-14-5-3-13(4-6-14)24-7-9-25(10-8-24)20-23-16(12-28-20)15-11-17(18(21)22)29-19(15)27-2/h3-6,11-12H,7-10H2,1-2H3,(H3,21,22). The first-order valence-electron chi connectivity index (χ1n) is 9.21. The van der Waals surface area contributed by atoms with Crippen LogP contribution in [-0.2, 0) is 0 Å². The number of amidine groups is 1. The number of nitrogen functional groups attached to an aromatic ring is 1. The van der Waals surface area contributed by atoms with E-state index in [2.05, 4.69) is 27.3 Å². The molecule has 1 fully saturated rings. The van der Waals surface area contributed by atoms with Gasteiger partial charge in [0.2, 0.25) is 0 Å². The van der Waals surface area contributed by atoms with E-state index >= 15 is 0 Å². The summed E-state index contributed by atoms with van der Waals surface area (Å²) in [6.45, 7) is 3.81. The third-order valence-corrected chi connectivity index (χ3v) is 8.11. The number of rotatable bonds is 6. The van der Waals surface area contributed by atoms with Gasteiger partial charge in [0.1, 0.15) is 11.6 Å². The molecule has 3 N–H and O–H groups in total. The van der Waals surface area contributed by atoms with Crippen molar-refractivity contribution in [1.82, 2.24) is 4.98 Å². The van der Waals surface area contributed by atoms with Crippen molar-refractivity contribution < 1.29 is 4.74 Å². The second kappa shape index (κ2) is 8.64. The van der Waals surface area contributed by atoms with Gasteiger partial charge in [-0.3, -0.25) is 5.41 Å². The number of hydrogen-bond donors (Lipinski definition) is 2. The van der Waals surface area contributed by atoms with Gasteiger partial charge in [0.05, 0.1) is 21.9 Å². The summed E-state index contributed by atoms with van der Waals surface area (Å²) in [5, 5.41) is 10.9. The van der Waals surface area contributed by atoms with Crippen LogP contribution in [0.3, 0.4) is 0 Å². The van der Waals surface area contributed by atoms with Crippen LogP contribution in [0.25, 0.3) is 11.3 Å². The zero-order chi connectivity index (χ0) is 20.4. The largest absolute Gasteiger partial charge is 0.497 e. The molecular weight excluding hydrogens is 422 g/mol. The van der Waals surface area contributed by atoms with E-state index < -0.39 is 0 Å². The van der Waals surface area contributed by atoms with Crippen LogP contribution in [0.4, 0.5) is 10.8 Å². The summed E-state index contributed by atoms with van der Waals surface area (Å²) in [5.41, 5.74) is 8.95. The monoisotopic (exact) mass is 445 g/mol. The summed E-state index contributed by atoms with van der Waals surface area (Å²) >= 11 is 4.91. The normalized spacial score (nSPS) is 14.3. The summed E-state index contributed by atoms with van der Waals surface area (Å²) in [4.78, 5) is 10.4. The third-order valence-electron chi connectivity index (χ3n) is 4.90. The Morgan fingerprint density at radius 3 is 2.48 bits per heavy atom. The van der Waals surface area contributed by atoms with Gasteiger partial charge in [-0.2, -0.15) is 0 Å². The van der Waals surface area contributed by atoms with Crippen molar-refractivity contribution in [2.24, 2.45) is 5.73 Å². The van der Waals surface area contributed by atoms with Crippen LogP contribution in [0, 0.1) is 5.41 Å². The number of thiazole rings is 1. The fourth-order valence-corrected chi connectivity index (χ4v) is 5.94. The molecule has 1 saturated heterocycles. The van der Waals surface area contributed by atoms with Crippen LogP contribution >= 0.6 is 34.4 Å². The van der Waals surface area contributed by atoms with Crippen molar-refractivity contribution in [2.45, 2.75) is 4.21 Å². The van der Waals surface area contributed by atoms with Gasteiger partial charge in [-0.15, -0.1) is 34.4 Å². The fraction of sp³-hybridized carbons (Fsp3) is 0.300. The van der Waals surface area contributed by atoms with Gasteiger partial charge in [-0.25, -0.2) is 4.98 Å². The summed E-state index contributed by atoms with van der Waals surface area (Å²) < 4.78 is 6.40. The highest BCUT2D eigenvalue weighted by Gasteiger charge is 2.21. The molecule has 0 unspecified atom stereocenters. The SMILES string of the molecule is COc1ccc(N2CCN(c3nc(-c4cc(C(=N)N)sc4SC)cs3)CC2)cc1. The molecule has 0 spiro atoms. The molecule has 9 heteroatoms. The van der Waals surface area contributed by atoms with E-state index in [9.17, 15) is 0 Å². The molecule has 0 saturated carbocycles. The molecule has 1 aliphatic heterocycles. The molecule has 2 aromatic heterocycles. The molecule has 0 aliphatic carbocycles. The molecule has 0 bridgehead atoms. The minimum atomic E-state index is 0.113. The molecular formula is C20H23N5OS3. The average Bonchev–Trinajstić information content (AvgIpc) is 3.41. The second-order valence-electron chi connectivity index (χ2n) is 6.62. The number of nitrogens with one attached hydrogen (secondary N) is 1. The Bertz CT molecular complexity index is 990. The lowest BCUT2D eigenvalue weighted by Crippen LogP contribution is -2.46. The molecule has 152 valence electrons. The quantitative estimate of drug-likeness (QED) is 0.336. The van der Waals surface area contributed by atoms with E-state index in [0.717, 1.165) is 57.4 Å². The Morgan fingerprint density at radius 2 is 1.86 bits per heavy atom. The predicted molar refractivity (Wildman–Crippen MR) is 126 cm³/mol. The number of nitrogens with zero attached hydrogens (tertiary/aromatic N) is 3. The predicted octanol–water partition coefficient (Wildman–Crippen LogP) is 4.21. The minimum Gasteiger partial charge on any atom is -0.497 e. The summed E-state index contributed by atoms with van der Waals surface area (Å²) in [5.74, 6) is 0.996. The molecule has 1 aromatic carbocycles. The Hall–Kier alpha value is -2.23. The summed E-state index contributed by atoms with van der Waals surface area (Å²) in [6.07, 6.45) is 2.05. The number of benzene rings is 1. The van der Waals surface area contributed by atoms with E-state index in [1.165, 1.54) is 5.69 Å². The van der Waals surface area contributed by atoms with Gasteiger partial charge in [-0.05, 0) is 36.6 Å². The van der Waals surface area contributed by atoms with Crippen LogP contribution in [0.5, 0.6) is 5.75 Å². The van der Waals surface area contributed by atoms with Crippen molar-refractivity contribution in [3.05, 3.63) is 40.6 Å². The maximum absolute atomic E-state index is 7.70. The number of piperazine rings is 1. The Balaban J connectivity index is 1.45. The lowest BCUT2D eigenvalue weighted by Gasteiger charge is -2.36. The van der Waals surface area contributed by atoms with E-state index in [4.69, 9.17) is 20.9 Å². The molecule has 0 atom stereocenters. The fourth-order valence-electron chi connectivity index (χ4n) is 3.32. The lowest BCUT2D eigenvalue weighted by atomic mass is 10.2. The van der Waals surface area contributed by atoms with Gasteiger partial charge in [0, 0.05) is 42.8 Å². The van der Waals surface area contributed by atoms with Crippen LogP contribution in [0.1, 0.15) is 4.88 Å². The molecule has 3 heterocycles. The number of nitrogens with two attached hydrogens (primary N) is 1. The molecule has 1 aliphatic rings. The van der Waals surface area contributed by atoms with E-state index in [1.807, 2.05) is 24.5 Å². The highest BCUT2D eigenvalue weighted by molar-refractivity contribution is 8.00. The van der Waals surface area contributed by atoms with Crippen LogP contribution in [-0.4, -0.2) is 50.4 Å². The second-order valence-corrected chi connectivity index (χ2v) is 9.58. The molecule has 29 heavy (non-hydrogen) atoms.